The minimum Gasteiger partial charge on any atom is -0.328 e. The number of rotatable bonds is 3. The molecule has 0 saturated heterocycles. The van der Waals surface area contributed by atoms with Crippen LogP contribution in [0.15, 0.2) is 18.2 Å². The minimum absolute atomic E-state index is 0.104. The van der Waals surface area contributed by atoms with Crippen molar-refractivity contribution in [1.29, 1.82) is 0 Å². The van der Waals surface area contributed by atoms with Gasteiger partial charge < -0.3 is 5.73 Å². The summed E-state index contributed by atoms with van der Waals surface area (Å²) in [5.41, 5.74) is 8.02. The highest BCUT2D eigenvalue weighted by Gasteiger charge is 2.13. The molecule has 0 bridgehead atoms. The van der Waals surface area contributed by atoms with E-state index in [1.54, 1.807) is 0 Å². The molecule has 1 unspecified atom stereocenters. The van der Waals surface area contributed by atoms with Crippen molar-refractivity contribution in [3.63, 3.8) is 0 Å². The average Bonchev–Trinajstić information content (AvgIpc) is 2.56. The Balaban J connectivity index is 2.62. The van der Waals surface area contributed by atoms with Gasteiger partial charge >= 0.3 is 0 Å². The van der Waals surface area contributed by atoms with Crippen molar-refractivity contribution in [2.24, 2.45) is 5.73 Å². The number of halogens is 1. The van der Waals surface area contributed by atoms with Gasteiger partial charge in [-0.15, -0.1) is 0 Å². The van der Waals surface area contributed by atoms with Crippen molar-refractivity contribution in [3.8, 4) is 0 Å². The number of benzene rings is 1. The van der Waals surface area contributed by atoms with E-state index in [9.17, 15) is 0 Å². The van der Waals surface area contributed by atoms with Gasteiger partial charge in [-0.3, -0.25) is 4.68 Å². The summed E-state index contributed by atoms with van der Waals surface area (Å²) in [5.74, 6) is 0. The van der Waals surface area contributed by atoms with E-state index in [4.69, 9.17) is 17.3 Å². The molecule has 17 heavy (non-hydrogen) atoms. The highest BCUT2D eigenvalue weighted by molar-refractivity contribution is 6.31. The van der Waals surface area contributed by atoms with Crippen molar-refractivity contribution in [2.45, 2.75) is 39.3 Å². The average molecular weight is 252 g/mol. The quantitative estimate of drug-likeness (QED) is 0.911. The molecule has 1 aromatic heterocycles. The van der Waals surface area contributed by atoms with Crippen LogP contribution in [0.1, 0.15) is 32.5 Å². The molecule has 1 aromatic carbocycles. The van der Waals surface area contributed by atoms with Crippen LogP contribution < -0.4 is 5.73 Å². The van der Waals surface area contributed by atoms with Gasteiger partial charge in [0.05, 0.1) is 11.2 Å². The van der Waals surface area contributed by atoms with E-state index in [2.05, 4.69) is 18.9 Å². The molecule has 0 aliphatic heterocycles. The maximum absolute atomic E-state index is 6.05. The SMILES string of the molecule is CC(N)Cc1nn(C(C)C)c2ccc(Cl)cc12. The third-order valence-corrected chi connectivity index (χ3v) is 2.98. The van der Waals surface area contributed by atoms with Crippen LogP contribution in [0.2, 0.25) is 5.02 Å². The molecule has 0 aliphatic rings. The van der Waals surface area contributed by atoms with Crippen LogP contribution in [0.25, 0.3) is 10.9 Å². The molecular formula is C13H18ClN3. The van der Waals surface area contributed by atoms with Gasteiger partial charge in [0.15, 0.2) is 0 Å². The first-order valence-electron chi connectivity index (χ1n) is 5.91. The number of nitrogens with zero attached hydrogens (tertiary/aromatic N) is 2. The lowest BCUT2D eigenvalue weighted by Gasteiger charge is -2.06. The first-order valence-corrected chi connectivity index (χ1v) is 6.29. The predicted molar refractivity (Wildman–Crippen MR) is 72.5 cm³/mol. The largest absolute Gasteiger partial charge is 0.328 e. The van der Waals surface area contributed by atoms with Gasteiger partial charge in [0.2, 0.25) is 0 Å². The second kappa shape index (κ2) is 4.67. The summed E-state index contributed by atoms with van der Waals surface area (Å²) < 4.78 is 2.03. The maximum atomic E-state index is 6.05. The minimum atomic E-state index is 0.104. The molecule has 1 atom stereocenters. The summed E-state index contributed by atoms with van der Waals surface area (Å²) in [5, 5.41) is 6.50. The Labute approximate surface area is 107 Å². The van der Waals surface area contributed by atoms with Crippen molar-refractivity contribution in [3.05, 3.63) is 28.9 Å². The fraction of sp³-hybridized carbons (Fsp3) is 0.462. The maximum Gasteiger partial charge on any atom is 0.0719 e. The molecule has 0 amide bonds. The van der Waals surface area contributed by atoms with Crippen LogP contribution in [0, 0.1) is 0 Å². The molecule has 3 nitrogen and oxygen atoms in total. The van der Waals surface area contributed by atoms with E-state index in [-0.39, 0.29) is 6.04 Å². The van der Waals surface area contributed by atoms with E-state index in [0.717, 1.165) is 28.0 Å². The Morgan fingerprint density at radius 3 is 2.65 bits per heavy atom. The van der Waals surface area contributed by atoms with Gasteiger partial charge in [0.1, 0.15) is 0 Å². The molecule has 0 spiro atoms. The van der Waals surface area contributed by atoms with Gasteiger partial charge in [0, 0.05) is 28.9 Å². The van der Waals surface area contributed by atoms with Crippen LogP contribution in [0.5, 0.6) is 0 Å². The summed E-state index contributed by atoms with van der Waals surface area (Å²) >= 11 is 6.05. The van der Waals surface area contributed by atoms with Crippen LogP contribution in [0.4, 0.5) is 0 Å². The highest BCUT2D eigenvalue weighted by atomic mass is 35.5. The van der Waals surface area contributed by atoms with Crippen molar-refractivity contribution < 1.29 is 0 Å². The van der Waals surface area contributed by atoms with Gasteiger partial charge in [-0.1, -0.05) is 11.6 Å². The van der Waals surface area contributed by atoms with E-state index in [1.165, 1.54) is 0 Å². The normalized spacial score (nSPS) is 13.5. The number of hydrogen-bond donors (Lipinski definition) is 1. The van der Waals surface area contributed by atoms with Crippen LogP contribution >= 0.6 is 11.6 Å². The third kappa shape index (κ3) is 2.45. The Morgan fingerprint density at radius 2 is 2.06 bits per heavy atom. The lowest BCUT2D eigenvalue weighted by molar-refractivity contribution is 0.539. The highest BCUT2D eigenvalue weighted by Crippen LogP contribution is 2.25. The summed E-state index contributed by atoms with van der Waals surface area (Å²) in [6.45, 7) is 6.23. The summed E-state index contributed by atoms with van der Waals surface area (Å²) in [6, 6.07) is 6.34. The van der Waals surface area contributed by atoms with Crippen LogP contribution in [0.3, 0.4) is 0 Å². The molecule has 2 aromatic rings. The van der Waals surface area contributed by atoms with Gasteiger partial charge in [-0.05, 0) is 39.0 Å². The zero-order chi connectivity index (χ0) is 12.6. The molecule has 2 N–H and O–H groups in total. The molecule has 1 heterocycles. The summed E-state index contributed by atoms with van der Waals surface area (Å²) in [6.07, 6.45) is 0.774. The summed E-state index contributed by atoms with van der Waals surface area (Å²) in [4.78, 5) is 0. The first kappa shape index (κ1) is 12.4. The van der Waals surface area contributed by atoms with Crippen molar-refractivity contribution in [2.75, 3.05) is 0 Å². The van der Waals surface area contributed by atoms with Crippen molar-refractivity contribution in [1.82, 2.24) is 9.78 Å². The zero-order valence-corrected chi connectivity index (χ0v) is 11.2. The molecular weight excluding hydrogens is 234 g/mol. The van der Waals surface area contributed by atoms with E-state index in [0.29, 0.717) is 6.04 Å². The lowest BCUT2D eigenvalue weighted by Crippen LogP contribution is -2.18. The van der Waals surface area contributed by atoms with Crippen molar-refractivity contribution >= 4 is 22.5 Å². The number of hydrogen-bond acceptors (Lipinski definition) is 2. The standard InChI is InChI=1S/C13H18ClN3/c1-8(2)17-13-5-4-10(14)7-11(13)12(16-17)6-9(3)15/h4-5,7-9H,6,15H2,1-3H3. The van der Waals surface area contributed by atoms with E-state index in [1.807, 2.05) is 29.8 Å². The lowest BCUT2D eigenvalue weighted by atomic mass is 10.1. The molecule has 2 rings (SSSR count). The van der Waals surface area contributed by atoms with Gasteiger partial charge in [-0.2, -0.15) is 5.10 Å². The molecule has 92 valence electrons. The smallest absolute Gasteiger partial charge is 0.0719 e. The zero-order valence-electron chi connectivity index (χ0n) is 10.4. The van der Waals surface area contributed by atoms with Gasteiger partial charge in [-0.25, -0.2) is 0 Å². The molecule has 4 heteroatoms. The molecule has 0 fully saturated rings. The van der Waals surface area contributed by atoms with Crippen LogP contribution in [-0.4, -0.2) is 15.8 Å². The van der Waals surface area contributed by atoms with Crippen LogP contribution in [-0.2, 0) is 6.42 Å². The molecule has 0 saturated carbocycles. The third-order valence-electron chi connectivity index (χ3n) is 2.75. The Bertz CT molecular complexity index is 529. The Morgan fingerprint density at radius 1 is 1.35 bits per heavy atom. The Hall–Kier alpha value is -1.06. The first-order chi connectivity index (χ1) is 7.99. The second-order valence-corrected chi connectivity index (χ2v) is 5.26. The second-order valence-electron chi connectivity index (χ2n) is 4.83. The topological polar surface area (TPSA) is 43.8 Å². The van der Waals surface area contributed by atoms with E-state index < -0.39 is 0 Å². The number of aromatic nitrogens is 2. The fourth-order valence-electron chi connectivity index (χ4n) is 2.03. The monoisotopic (exact) mass is 251 g/mol. The van der Waals surface area contributed by atoms with Gasteiger partial charge in [0.25, 0.3) is 0 Å². The van der Waals surface area contributed by atoms with E-state index >= 15 is 0 Å². The molecule has 0 aliphatic carbocycles. The predicted octanol–water partition coefficient (Wildman–Crippen LogP) is 3.16. The number of fused-ring (bicyclic) bond motifs is 1. The Kier molecular flexibility index (Phi) is 3.40. The summed E-state index contributed by atoms with van der Waals surface area (Å²) in [7, 11) is 0. The number of nitrogens with two attached hydrogens (primary N) is 1. The fourth-order valence-corrected chi connectivity index (χ4v) is 2.20. The molecule has 0 radical (unpaired) electrons.